The van der Waals surface area contributed by atoms with Crippen molar-refractivity contribution in [2.45, 2.75) is 19.2 Å². The van der Waals surface area contributed by atoms with Gasteiger partial charge in [0.1, 0.15) is 5.75 Å². The van der Waals surface area contributed by atoms with Gasteiger partial charge in [-0.2, -0.15) is 4.21 Å². The quantitative estimate of drug-likeness (QED) is 0.604. The molecule has 16 heavy (non-hydrogen) atoms. The van der Waals surface area contributed by atoms with Crippen LogP contribution in [-0.4, -0.2) is 20.5 Å². The number of amides is 1. The van der Waals surface area contributed by atoms with Crippen LogP contribution >= 0.6 is 0 Å². The molecule has 3 N–H and O–H groups in total. The Morgan fingerprint density at radius 1 is 1.44 bits per heavy atom. The highest BCUT2D eigenvalue weighted by Crippen LogP contribution is 2.11. The standard InChI is InChI=1S/C11H15NO3S/c1-9(13)12-7-10-5-3-4-6-11(10)8-16(2,14)15/h3-6H,2,7-8H2,1H3,(H,12,13)(H,14,15)/p+1. The highest BCUT2D eigenvalue weighted by atomic mass is 32.2. The summed E-state index contributed by atoms with van der Waals surface area (Å²) in [6.45, 7) is 1.83. The van der Waals surface area contributed by atoms with Gasteiger partial charge in [-0.3, -0.25) is 4.79 Å². The molecule has 0 aliphatic heterocycles. The van der Waals surface area contributed by atoms with E-state index in [1.54, 1.807) is 6.07 Å². The zero-order chi connectivity index (χ0) is 12.2. The van der Waals surface area contributed by atoms with Crippen LogP contribution in [-0.2, 0) is 26.9 Å². The lowest BCUT2D eigenvalue weighted by atomic mass is 10.1. The number of carbonyl (C=O) groups is 1. The maximum Gasteiger partial charge on any atom is 0.217 e. The smallest absolute Gasteiger partial charge is 0.217 e. The van der Waals surface area contributed by atoms with E-state index in [9.17, 15) is 9.00 Å². The predicted octanol–water partition coefficient (Wildman–Crippen LogP) is 0.179. The van der Waals surface area contributed by atoms with Gasteiger partial charge < -0.3 is 9.87 Å². The number of rotatable bonds is 4. The molecule has 1 amide bonds. The zero-order valence-electron chi connectivity index (χ0n) is 9.16. The molecule has 0 heterocycles. The molecule has 0 saturated carbocycles. The number of nitrogens with one attached hydrogen (secondary N) is 1. The van der Waals surface area contributed by atoms with Gasteiger partial charge in [0, 0.05) is 19.3 Å². The molecule has 88 valence electrons. The first-order valence-electron chi connectivity index (χ1n) is 4.79. The molecule has 4 nitrogen and oxygen atoms in total. The highest BCUT2D eigenvalue weighted by molar-refractivity contribution is 7.94. The summed E-state index contributed by atoms with van der Waals surface area (Å²) >= 11 is 0. The molecular formula is C11H16NO3S+. The van der Waals surface area contributed by atoms with Gasteiger partial charge >= 0.3 is 0 Å². The maximum atomic E-state index is 11.3. The van der Waals surface area contributed by atoms with Crippen LogP contribution in [0.4, 0.5) is 0 Å². The van der Waals surface area contributed by atoms with Crippen LogP contribution < -0.4 is 5.32 Å². The van der Waals surface area contributed by atoms with Crippen molar-refractivity contribution < 1.29 is 13.6 Å². The van der Waals surface area contributed by atoms with Crippen LogP contribution in [0, 0.1) is 0 Å². The minimum Gasteiger partial charge on any atom is -0.362 e. The summed E-state index contributed by atoms with van der Waals surface area (Å²) in [6.07, 6.45) is 0. The van der Waals surface area contributed by atoms with E-state index >= 15 is 0 Å². The van der Waals surface area contributed by atoms with Crippen LogP contribution in [0.25, 0.3) is 0 Å². The van der Waals surface area contributed by atoms with Crippen molar-refractivity contribution in [3.05, 3.63) is 35.4 Å². The summed E-state index contributed by atoms with van der Waals surface area (Å²) in [6, 6.07) is 7.31. The van der Waals surface area contributed by atoms with Crippen LogP contribution in [0.15, 0.2) is 24.3 Å². The third kappa shape index (κ3) is 4.46. The Bertz CT molecular complexity index is 480. The van der Waals surface area contributed by atoms with E-state index in [2.05, 4.69) is 11.2 Å². The highest BCUT2D eigenvalue weighted by Gasteiger charge is 2.09. The summed E-state index contributed by atoms with van der Waals surface area (Å²) < 4.78 is 18.6. The van der Waals surface area contributed by atoms with Gasteiger partial charge in [-0.15, -0.1) is 0 Å². The molecular weight excluding hydrogens is 226 g/mol. The Hall–Kier alpha value is -1.33. The topological polar surface area (TPSA) is 69.1 Å². The van der Waals surface area contributed by atoms with Crippen molar-refractivity contribution in [2.24, 2.45) is 0 Å². The minimum atomic E-state index is -2.80. The molecule has 1 aromatic rings. The molecule has 1 unspecified atom stereocenters. The molecule has 0 saturated heterocycles. The van der Waals surface area contributed by atoms with Crippen LogP contribution in [0.1, 0.15) is 18.1 Å². The van der Waals surface area contributed by atoms with E-state index in [0.29, 0.717) is 6.54 Å². The minimum absolute atomic E-state index is 0.114. The molecule has 0 radical (unpaired) electrons. The van der Waals surface area contributed by atoms with Crippen LogP contribution in [0.2, 0.25) is 0 Å². The summed E-state index contributed by atoms with van der Waals surface area (Å²) in [5.74, 6) is 3.31. The number of hydrogen-bond donors (Lipinski definition) is 1. The summed E-state index contributed by atoms with van der Waals surface area (Å²) in [5, 5.41) is 2.67. The van der Waals surface area contributed by atoms with E-state index in [-0.39, 0.29) is 11.7 Å². The molecule has 1 aromatic carbocycles. The van der Waals surface area contributed by atoms with Crippen molar-refractivity contribution in [1.29, 1.82) is 0 Å². The summed E-state index contributed by atoms with van der Waals surface area (Å²) in [7, 11) is -2.80. The first-order valence-corrected chi connectivity index (χ1v) is 6.69. The lowest BCUT2D eigenvalue weighted by molar-refractivity contribution is -0.119. The molecule has 1 atom stereocenters. The van der Waals surface area contributed by atoms with E-state index < -0.39 is 9.80 Å². The molecule has 0 fully saturated rings. The van der Waals surface area contributed by atoms with Gasteiger partial charge in [-0.25, -0.2) is 0 Å². The van der Waals surface area contributed by atoms with E-state index in [4.69, 9.17) is 4.55 Å². The number of hydrogen-bond acceptors (Lipinski definition) is 2. The first kappa shape index (κ1) is 12.7. The van der Waals surface area contributed by atoms with Crippen molar-refractivity contribution in [2.75, 3.05) is 0 Å². The fraction of sp³-hybridized carbons (Fsp3) is 0.273. The molecule has 1 rings (SSSR count). The van der Waals surface area contributed by atoms with E-state index in [0.717, 1.165) is 11.1 Å². The Labute approximate surface area is 95.5 Å². The molecule has 0 aliphatic carbocycles. The Morgan fingerprint density at radius 3 is 2.50 bits per heavy atom. The normalized spacial score (nSPS) is 14.1. The Morgan fingerprint density at radius 2 is 2.00 bits per heavy atom. The van der Waals surface area contributed by atoms with Crippen LogP contribution in [0.5, 0.6) is 0 Å². The third-order valence-corrected chi connectivity index (χ3v) is 2.81. The second kappa shape index (κ2) is 5.14. The molecule has 0 spiro atoms. The third-order valence-electron chi connectivity index (χ3n) is 2.03. The lowest BCUT2D eigenvalue weighted by Gasteiger charge is -2.08. The van der Waals surface area contributed by atoms with Crippen molar-refractivity contribution in [3.63, 3.8) is 0 Å². The van der Waals surface area contributed by atoms with Gasteiger partial charge in [0.05, 0.1) is 0 Å². The lowest BCUT2D eigenvalue weighted by Crippen LogP contribution is -2.20. The average Bonchev–Trinajstić information content (AvgIpc) is 2.14. The fourth-order valence-electron chi connectivity index (χ4n) is 1.34. The van der Waals surface area contributed by atoms with E-state index in [1.807, 2.05) is 18.2 Å². The van der Waals surface area contributed by atoms with Crippen LogP contribution in [0.3, 0.4) is 0 Å². The van der Waals surface area contributed by atoms with Gasteiger partial charge in [0.15, 0.2) is 9.80 Å². The van der Waals surface area contributed by atoms with Crippen molar-refractivity contribution in [3.8, 4) is 0 Å². The first-order chi connectivity index (χ1) is 7.38. The summed E-state index contributed by atoms with van der Waals surface area (Å²) in [5.41, 5.74) is 1.67. The van der Waals surface area contributed by atoms with Crippen molar-refractivity contribution in [1.82, 2.24) is 5.32 Å². The monoisotopic (exact) mass is 242 g/mol. The Kier molecular flexibility index (Phi) is 4.09. The number of carbonyl (C=O) groups excluding carboxylic acids is 1. The molecule has 5 heteroatoms. The predicted molar refractivity (Wildman–Crippen MR) is 66.5 cm³/mol. The summed E-state index contributed by atoms with van der Waals surface area (Å²) in [4.78, 5) is 10.8. The average molecular weight is 242 g/mol. The number of benzene rings is 1. The fourth-order valence-corrected chi connectivity index (χ4v) is 2.13. The SMILES string of the molecule is C=S(=O)([OH2+])Cc1ccccc1CNC(C)=O. The molecule has 0 aromatic heterocycles. The van der Waals surface area contributed by atoms with E-state index in [1.165, 1.54) is 6.92 Å². The van der Waals surface area contributed by atoms with Gasteiger partial charge in [0.25, 0.3) is 0 Å². The zero-order valence-corrected chi connectivity index (χ0v) is 9.97. The second-order valence-corrected chi connectivity index (χ2v) is 5.55. The van der Waals surface area contributed by atoms with Gasteiger partial charge in [0.2, 0.25) is 5.91 Å². The largest absolute Gasteiger partial charge is 0.362 e. The van der Waals surface area contributed by atoms with Gasteiger partial charge in [-0.05, 0) is 11.1 Å². The Balaban J connectivity index is 2.87. The molecule has 0 aliphatic rings. The maximum absolute atomic E-state index is 11.3. The van der Waals surface area contributed by atoms with Crippen molar-refractivity contribution >= 4 is 21.6 Å². The van der Waals surface area contributed by atoms with Gasteiger partial charge in [-0.1, -0.05) is 24.3 Å². The molecule has 0 bridgehead atoms. The second-order valence-electron chi connectivity index (χ2n) is 3.63.